The first-order valence-electron chi connectivity index (χ1n) is 5.54. The van der Waals surface area contributed by atoms with E-state index in [0.29, 0.717) is 11.5 Å². The average Bonchev–Trinajstić information content (AvgIpc) is 2.75. The Hall–Kier alpha value is -1.82. The lowest BCUT2D eigenvalue weighted by molar-refractivity contribution is 0.438. The van der Waals surface area contributed by atoms with E-state index < -0.39 is 0 Å². The lowest BCUT2D eigenvalue weighted by Gasteiger charge is -2.21. The standard InChI is InChI=1S/C11H12FN5/c1-7-10-15-16-11(17(10)5-4-13-7)9-3-2-8(12)6-14-9/h2-3,6-7,13H,4-5H2,1H3. The fourth-order valence-electron chi connectivity index (χ4n) is 2.04. The van der Waals surface area contributed by atoms with Crippen LogP contribution >= 0.6 is 0 Å². The van der Waals surface area contributed by atoms with Crippen LogP contribution in [-0.2, 0) is 6.54 Å². The molecule has 0 saturated carbocycles. The van der Waals surface area contributed by atoms with Gasteiger partial charge in [-0.3, -0.25) is 0 Å². The molecule has 0 amide bonds. The summed E-state index contributed by atoms with van der Waals surface area (Å²) < 4.78 is 14.8. The third-order valence-corrected chi connectivity index (χ3v) is 2.91. The maximum Gasteiger partial charge on any atom is 0.182 e. The van der Waals surface area contributed by atoms with Crippen LogP contribution < -0.4 is 5.32 Å². The van der Waals surface area contributed by atoms with Crippen LogP contribution in [0, 0.1) is 5.82 Å². The fourth-order valence-corrected chi connectivity index (χ4v) is 2.04. The Balaban J connectivity index is 2.07. The van der Waals surface area contributed by atoms with Crippen molar-refractivity contribution in [1.82, 2.24) is 25.1 Å². The highest BCUT2D eigenvalue weighted by Crippen LogP contribution is 2.21. The molecule has 1 aliphatic rings. The fraction of sp³-hybridized carbons (Fsp3) is 0.364. The molecule has 0 aliphatic carbocycles. The van der Waals surface area contributed by atoms with Gasteiger partial charge in [0.05, 0.1) is 12.2 Å². The minimum Gasteiger partial charge on any atom is -0.307 e. The zero-order chi connectivity index (χ0) is 11.8. The van der Waals surface area contributed by atoms with Gasteiger partial charge in [-0.25, -0.2) is 9.37 Å². The van der Waals surface area contributed by atoms with Crippen LogP contribution in [-0.4, -0.2) is 26.3 Å². The molecule has 1 N–H and O–H groups in total. The summed E-state index contributed by atoms with van der Waals surface area (Å²) in [5.41, 5.74) is 0.652. The number of hydrogen-bond donors (Lipinski definition) is 1. The van der Waals surface area contributed by atoms with Crippen molar-refractivity contribution in [3.63, 3.8) is 0 Å². The van der Waals surface area contributed by atoms with E-state index in [1.807, 2.05) is 11.5 Å². The van der Waals surface area contributed by atoms with Crippen LogP contribution in [0.4, 0.5) is 4.39 Å². The smallest absolute Gasteiger partial charge is 0.182 e. The van der Waals surface area contributed by atoms with Crippen LogP contribution in [0.3, 0.4) is 0 Å². The minimum atomic E-state index is -0.345. The van der Waals surface area contributed by atoms with Gasteiger partial charge < -0.3 is 9.88 Å². The maximum atomic E-state index is 12.8. The van der Waals surface area contributed by atoms with Gasteiger partial charge in [0.1, 0.15) is 17.3 Å². The van der Waals surface area contributed by atoms with Crippen LogP contribution in [0.1, 0.15) is 18.8 Å². The Morgan fingerprint density at radius 3 is 3.06 bits per heavy atom. The van der Waals surface area contributed by atoms with Crippen LogP contribution in [0.25, 0.3) is 11.5 Å². The molecule has 0 spiro atoms. The van der Waals surface area contributed by atoms with Crippen molar-refractivity contribution in [2.24, 2.45) is 0 Å². The van der Waals surface area contributed by atoms with E-state index in [1.165, 1.54) is 12.3 Å². The third kappa shape index (κ3) is 1.70. The van der Waals surface area contributed by atoms with Gasteiger partial charge in [0.15, 0.2) is 5.82 Å². The topological polar surface area (TPSA) is 55.6 Å². The summed E-state index contributed by atoms with van der Waals surface area (Å²) in [5.74, 6) is 1.26. The first-order chi connectivity index (χ1) is 8.25. The van der Waals surface area contributed by atoms with Crippen molar-refractivity contribution in [2.45, 2.75) is 19.5 Å². The summed E-state index contributed by atoms with van der Waals surface area (Å²) in [4.78, 5) is 4.04. The third-order valence-electron chi connectivity index (χ3n) is 2.91. The highest BCUT2D eigenvalue weighted by molar-refractivity contribution is 5.49. The maximum absolute atomic E-state index is 12.8. The van der Waals surface area contributed by atoms with Gasteiger partial charge in [0.25, 0.3) is 0 Å². The minimum absolute atomic E-state index is 0.186. The van der Waals surface area contributed by atoms with Gasteiger partial charge in [-0.2, -0.15) is 0 Å². The Bertz CT molecular complexity index is 533. The van der Waals surface area contributed by atoms with Gasteiger partial charge in [-0.05, 0) is 19.1 Å². The summed E-state index contributed by atoms with van der Waals surface area (Å²) in [6.07, 6.45) is 1.20. The Labute approximate surface area is 97.7 Å². The quantitative estimate of drug-likeness (QED) is 0.802. The summed E-state index contributed by atoms with van der Waals surface area (Å²) in [6, 6.07) is 3.19. The van der Waals surface area contributed by atoms with Crippen molar-refractivity contribution < 1.29 is 4.39 Å². The molecule has 0 saturated heterocycles. The molecule has 2 aromatic rings. The molecule has 0 aromatic carbocycles. The summed E-state index contributed by atoms with van der Waals surface area (Å²) in [6.45, 7) is 3.73. The molecule has 3 rings (SSSR count). The Morgan fingerprint density at radius 1 is 1.41 bits per heavy atom. The number of hydrogen-bond acceptors (Lipinski definition) is 4. The van der Waals surface area contributed by atoms with Crippen molar-refractivity contribution in [3.8, 4) is 11.5 Å². The van der Waals surface area contributed by atoms with E-state index in [1.54, 1.807) is 6.07 Å². The monoisotopic (exact) mass is 233 g/mol. The van der Waals surface area contributed by atoms with E-state index >= 15 is 0 Å². The highest BCUT2D eigenvalue weighted by Gasteiger charge is 2.22. The van der Waals surface area contributed by atoms with Crippen molar-refractivity contribution in [3.05, 3.63) is 30.0 Å². The van der Waals surface area contributed by atoms with Crippen LogP contribution in [0.15, 0.2) is 18.3 Å². The van der Waals surface area contributed by atoms with Gasteiger partial charge in [0.2, 0.25) is 0 Å². The Kier molecular flexibility index (Phi) is 2.36. The normalized spacial score (nSPS) is 19.1. The number of rotatable bonds is 1. The lowest BCUT2D eigenvalue weighted by Crippen LogP contribution is -2.32. The second-order valence-electron chi connectivity index (χ2n) is 4.07. The molecule has 17 heavy (non-hydrogen) atoms. The average molecular weight is 233 g/mol. The molecule has 2 aromatic heterocycles. The van der Waals surface area contributed by atoms with E-state index in [9.17, 15) is 4.39 Å². The number of pyridine rings is 1. The zero-order valence-electron chi connectivity index (χ0n) is 9.39. The number of fused-ring (bicyclic) bond motifs is 1. The number of nitrogens with zero attached hydrogens (tertiary/aromatic N) is 4. The van der Waals surface area contributed by atoms with Gasteiger partial charge in [0, 0.05) is 13.1 Å². The van der Waals surface area contributed by atoms with Crippen LogP contribution in [0.5, 0.6) is 0 Å². The number of aromatic nitrogens is 4. The first-order valence-corrected chi connectivity index (χ1v) is 5.54. The van der Waals surface area contributed by atoms with Crippen molar-refractivity contribution >= 4 is 0 Å². The molecule has 3 heterocycles. The molecule has 0 radical (unpaired) electrons. The summed E-state index contributed by atoms with van der Waals surface area (Å²) >= 11 is 0. The second-order valence-corrected chi connectivity index (χ2v) is 4.07. The predicted molar refractivity (Wildman–Crippen MR) is 59.6 cm³/mol. The van der Waals surface area contributed by atoms with E-state index in [0.717, 1.165) is 18.9 Å². The largest absolute Gasteiger partial charge is 0.307 e. The molecule has 0 bridgehead atoms. The van der Waals surface area contributed by atoms with Gasteiger partial charge in [-0.15, -0.1) is 10.2 Å². The molecule has 88 valence electrons. The van der Waals surface area contributed by atoms with E-state index in [4.69, 9.17) is 0 Å². The van der Waals surface area contributed by atoms with Crippen LogP contribution in [0.2, 0.25) is 0 Å². The first kappa shape index (κ1) is 10.3. The van der Waals surface area contributed by atoms with Crippen molar-refractivity contribution in [2.75, 3.05) is 6.54 Å². The summed E-state index contributed by atoms with van der Waals surface area (Å²) in [7, 11) is 0. The molecule has 1 atom stereocenters. The molecule has 6 heteroatoms. The molecule has 1 unspecified atom stereocenters. The van der Waals surface area contributed by atoms with Crippen molar-refractivity contribution in [1.29, 1.82) is 0 Å². The molecule has 1 aliphatic heterocycles. The predicted octanol–water partition coefficient (Wildman–Crippen LogP) is 1.14. The molecular weight excluding hydrogens is 221 g/mol. The summed E-state index contributed by atoms with van der Waals surface area (Å²) in [5, 5.41) is 11.6. The number of nitrogens with one attached hydrogen (secondary N) is 1. The van der Waals surface area contributed by atoms with Gasteiger partial charge in [-0.1, -0.05) is 0 Å². The van der Waals surface area contributed by atoms with E-state index in [-0.39, 0.29) is 11.9 Å². The molecular formula is C11H12FN5. The Morgan fingerprint density at radius 2 is 2.29 bits per heavy atom. The van der Waals surface area contributed by atoms with E-state index in [2.05, 4.69) is 20.5 Å². The zero-order valence-corrected chi connectivity index (χ0v) is 9.39. The number of halogens is 1. The lowest BCUT2D eigenvalue weighted by atomic mass is 10.2. The highest BCUT2D eigenvalue weighted by atomic mass is 19.1. The van der Waals surface area contributed by atoms with Gasteiger partial charge >= 0.3 is 0 Å². The molecule has 0 fully saturated rings. The SMILES string of the molecule is CC1NCCn2c(-c3ccc(F)cn3)nnc21. The second kappa shape index (κ2) is 3.89. The molecule has 5 nitrogen and oxygen atoms in total.